The van der Waals surface area contributed by atoms with Crippen LogP contribution in [-0.4, -0.2) is 10.6 Å². The van der Waals surface area contributed by atoms with Crippen molar-refractivity contribution in [3.8, 4) is 0 Å². The van der Waals surface area contributed by atoms with E-state index in [0.717, 1.165) is 18.2 Å². The third-order valence-corrected chi connectivity index (χ3v) is 1.56. The summed E-state index contributed by atoms with van der Waals surface area (Å²) in [6.45, 7) is 1.38. The van der Waals surface area contributed by atoms with Crippen LogP contribution in [0.25, 0.3) is 0 Å². The molecule has 1 rings (SSSR count). The normalized spacial score (nSPS) is 9.69. The predicted molar refractivity (Wildman–Crippen MR) is 45.6 cm³/mol. The zero-order chi connectivity index (χ0) is 10.0. The highest BCUT2D eigenvalue weighted by molar-refractivity contribution is 5.96. The Morgan fingerprint density at radius 3 is 2.69 bits per heavy atom. The number of rotatable bonds is 2. The molecule has 0 amide bonds. The van der Waals surface area contributed by atoms with E-state index in [2.05, 4.69) is 0 Å². The second-order valence-corrected chi connectivity index (χ2v) is 2.55. The summed E-state index contributed by atoms with van der Waals surface area (Å²) in [4.78, 5) is 9.68. The highest BCUT2D eigenvalue weighted by Gasteiger charge is 2.11. The van der Waals surface area contributed by atoms with Gasteiger partial charge in [0, 0.05) is 23.4 Å². The van der Waals surface area contributed by atoms with Crippen LogP contribution in [0, 0.1) is 21.3 Å². The Labute approximate surface area is 73.7 Å². The summed E-state index contributed by atoms with van der Waals surface area (Å²) < 4.78 is 12.9. The van der Waals surface area contributed by atoms with Crippen molar-refractivity contribution in [2.75, 3.05) is 0 Å². The van der Waals surface area contributed by atoms with Gasteiger partial charge in [-0.2, -0.15) is 0 Å². The molecule has 1 aromatic rings. The van der Waals surface area contributed by atoms with Crippen LogP contribution in [0.15, 0.2) is 18.2 Å². The molecular formula is C8H7FN2O2. The van der Waals surface area contributed by atoms with Gasteiger partial charge in [-0.25, -0.2) is 4.39 Å². The lowest BCUT2D eigenvalue weighted by Gasteiger charge is -1.99. The molecule has 4 nitrogen and oxygen atoms in total. The Bertz CT molecular complexity index is 376. The Kier molecular flexibility index (Phi) is 2.36. The number of hydrogen-bond donors (Lipinski definition) is 1. The van der Waals surface area contributed by atoms with Gasteiger partial charge in [-0.05, 0) is 13.0 Å². The van der Waals surface area contributed by atoms with Crippen molar-refractivity contribution in [2.45, 2.75) is 6.92 Å². The minimum absolute atomic E-state index is 0.0267. The van der Waals surface area contributed by atoms with Crippen LogP contribution in [0.3, 0.4) is 0 Å². The molecule has 0 atom stereocenters. The Morgan fingerprint density at radius 2 is 2.23 bits per heavy atom. The zero-order valence-electron chi connectivity index (χ0n) is 6.87. The molecule has 0 aliphatic rings. The first-order valence-corrected chi connectivity index (χ1v) is 3.52. The lowest BCUT2D eigenvalue weighted by Crippen LogP contribution is -1.98. The number of nitrogens with zero attached hydrogens (tertiary/aromatic N) is 1. The van der Waals surface area contributed by atoms with Gasteiger partial charge >= 0.3 is 0 Å². The van der Waals surface area contributed by atoms with E-state index in [1.165, 1.54) is 6.92 Å². The van der Waals surface area contributed by atoms with Gasteiger partial charge in [0.15, 0.2) is 0 Å². The number of hydrogen-bond acceptors (Lipinski definition) is 3. The molecule has 0 fully saturated rings. The molecule has 1 aromatic carbocycles. The van der Waals surface area contributed by atoms with Crippen LogP contribution in [0.5, 0.6) is 0 Å². The van der Waals surface area contributed by atoms with E-state index in [0.29, 0.717) is 0 Å². The van der Waals surface area contributed by atoms with Crippen molar-refractivity contribution in [3.63, 3.8) is 0 Å². The summed E-state index contributed by atoms with van der Waals surface area (Å²) in [5.41, 5.74) is -0.265. The summed E-state index contributed by atoms with van der Waals surface area (Å²) in [6.07, 6.45) is 0. The SMILES string of the molecule is CC(=N)c1cc([N+](=O)[O-])ccc1F. The molecule has 0 aromatic heterocycles. The van der Waals surface area contributed by atoms with E-state index < -0.39 is 10.7 Å². The molecule has 13 heavy (non-hydrogen) atoms. The molecule has 0 saturated carbocycles. The van der Waals surface area contributed by atoms with Gasteiger partial charge < -0.3 is 5.41 Å². The van der Waals surface area contributed by atoms with Crippen molar-refractivity contribution in [1.82, 2.24) is 0 Å². The maximum atomic E-state index is 12.9. The summed E-state index contributed by atoms with van der Waals surface area (Å²) in [6, 6.07) is 3.12. The standard InChI is InChI=1S/C8H7FN2O2/c1-5(10)7-4-6(11(12)13)2-3-8(7)9/h2-4,10H,1H3. The lowest BCUT2D eigenvalue weighted by molar-refractivity contribution is -0.384. The van der Waals surface area contributed by atoms with Gasteiger partial charge in [0.2, 0.25) is 0 Å². The fourth-order valence-corrected chi connectivity index (χ4v) is 0.914. The molecular weight excluding hydrogens is 175 g/mol. The second kappa shape index (κ2) is 3.30. The van der Waals surface area contributed by atoms with Crippen LogP contribution >= 0.6 is 0 Å². The van der Waals surface area contributed by atoms with E-state index in [9.17, 15) is 14.5 Å². The molecule has 0 radical (unpaired) electrons. The number of non-ortho nitro benzene ring substituents is 1. The Balaban J connectivity index is 3.27. The van der Waals surface area contributed by atoms with Gasteiger partial charge in [0.25, 0.3) is 5.69 Å². The highest BCUT2D eigenvalue weighted by atomic mass is 19.1. The molecule has 0 unspecified atom stereocenters. The number of benzene rings is 1. The quantitative estimate of drug-likeness (QED) is 0.432. The van der Waals surface area contributed by atoms with Crippen LogP contribution in [0.4, 0.5) is 10.1 Å². The van der Waals surface area contributed by atoms with Crippen molar-refractivity contribution in [1.29, 1.82) is 5.41 Å². The van der Waals surface area contributed by atoms with E-state index in [-0.39, 0.29) is 17.0 Å². The number of nitro benzene ring substituents is 1. The van der Waals surface area contributed by atoms with E-state index in [1.54, 1.807) is 0 Å². The van der Waals surface area contributed by atoms with Gasteiger partial charge in [-0.15, -0.1) is 0 Å². The molecule has 1 N–H and O–H groups in total. The van der Waals surface area contributed by atoms with Crippen molar-refractivity contribution >= 4 is 11.4 Å². The molecule has 5 heteroatoms. The third kappa shape index (κ3) is 1.87. The fraction of sp³-hybridized carbons (Fsp3) is 0.125. The van der Waals surface area contributed by atoms with Crippen LogP contribution in [0.1, 0.15) is 12.5 Å². The first kappa shape index (κ1) is 9.31. The summed E-state index contributed by atoms with van der Waals surface area (Å²) in [5.74, 6) is -0.613. The number of halogens is 1. The topological polar surface area (TPSA) is 67.0 Å². The molecule has 0 saturated heterocycles. The van der Waals surface area contributed by atoms with Crippen molar-refractivity contribution in [2.24, 2.45) is 0 Å². The molecule has 68 valence electrons. The van der Waals surface area contributed by atoms with E-state index in [1.807, 2.05) is 0 Å². The average molecular weight is 182 g/mol. The second-order valence-electron chi connectivity index (χ2n) is 2.55. The lowest BCUT2D eigenvalue weighted by atomic mass is 10.1. The molecule has 0 spiro atoms. The van der Waals surface area contributed by atoms with Gasteiger partial charge in [0.1, 0.15) is 5.82 Å². The smallest absolute Gasteiger partial charge is 0.270 e. The van der Waals surface area contributed by atoms with Crippen LogP contribution < -0.4 is 0 Å². The predicted octanol–water partition coefficient (Wildman–Crippen LogP) is 2.12. The van der Waals surface area contributed by atoms with Gasteiger partial charge in [0.05, 0.1) is 4.92 Å². The number of nitro groups is 1. The highest BCUT2D eigenvalue weighted by Crippen LogP contribution is 2.16. The summed E-state index contributed by atoms with van der Waals surface area (Å²) >= 11 is 0. The Morgan fingerprint density at radius 1 is 1.62 bits per heavy atom. The van der Waals surface area contributed by atoms with Gasteiger partial charge in [-0.3, -0.25) is 10.1 Å². The minimum Gasteiger partial charge on any atom is -0.305 e. The number of nitrogens with one attached hydrogen (secondary N) is 1. The van der Waals surface area contributed by atoms with E-state index >= 15 is 0 Å². The third-order valence-electron chi connectivity index (χ3n) is 1.56. The molecule has 0 bridgehead atoms. The average Bonchev–Trinajstić information content (AvgIpc) is 2.04. The van der Waals surface area contributed by atoms with Crippen LogP contribution in [0.2, 0.25) is 0 Å². The first-order chi connectivity index (χ1) is 6.02. The Hall–Kier alpha value is -1.78. The maximum Gasteiger partial charge on any atom is 0.270 e. The van der Waals surface area contributed by atoms with Crippen molar-refractivity contribution in [3.05, 3.63) is 39.7 Å². The van der Waals surface area contributed by atoms with Crippen LogP contribution in [-0.2, 0) is 0 Å². The maximum absolute atomic E-state index is 12.9. The minimum atomic E-state index is -0.619. The molecule has 0 heterocycles. The summed E-state index contributed by atoms with van der Waals surface area (Å²) in [5, 5.41) is 17.5. The van der Waals surface area contributed by atoms with E-state index in [4.69, 9.17) is 5.41 Å². The van der Waals surface area contributed by atoms with Crippen molar-refractivity contribution < 1.29 is 9.31 Å². The largest absolute Gasteiger partial charge is 0.305 e. The monoisotopic (exact) mass is 182 g/mol. The first-order valence-electron chi connectivity index (χ1n) is 3.52. The molecule has 0 aliphatic heterocycles. The zero-order valence-corrected chi connectivity index (χ0v) is 6.87. The fourth-order valence-electron chi connectivity index (χ4n) is 0.914. The molecule has 0 aliphatic carbocycles. The van der Waals surface area contributed by atoms with Gasteiger partial charge in [-0.1, -0.05) is 0 Å². The summed E-state index contributed by atoms with van der Waals surface area (Å²) in [7, 11) is 0.